The molecule has 0 aliphatic carbocycles. The molecule has 0 aliphatic rings. The largest absolute Gasteiger partial charge is 0.394 e. The standard InChI is InChI=1S/C5H13NO5S/c6-1-2-12(9,10)11-4-5(8)3-7/h5,7-8H,1-4,6H2. The SMILES string of the molecule is NCCS(=O)(=O)OCC(O)CO. The Labute approximate surface area is 71.1 Å². The number of rotatable bonds is 6. The van der Waals surface area contributed by atoms with Gasteiger partial charge in [-0.25, -0.2) is 0 Å². The molecule has 74 valence electrons. The third kappa shape index (κ3) is 5.44. The molecule has 0 fully saturated rings. The molecule has 0 aromatic rings. The van der Waals surface area contributed by atoms with E-state index < -0.39 is 29.4 Å². The second-order valence-corrected chi connectivity index (χ2v) is 3.93. The van der Waals surface area contributed by atoms with E-state index in [0.717, 1.165) is 0 Å². The fourth-order valence-electron chi connectivity index (χ4n) is 0.438. The minimum absolute atomic E-state index is 0.0302. The maximum atomic E-state index is 10.8. The van der Waals surface area contributed by atoms with Crippen LogP contribution >= 0.6 is 0 Å². The summed E-state index contributed by atoms with van der Waals surface area (Å²) in [5.74, 6) is -0.287. The van der Waals surface area contributed by atoms with Crippen LogP contribution in [0.1, 0.15) is 0 Å². The van der Waals surface area contributed by atoms with Gasteiger partial charge in [0.2, 0.25) is 0 Å². The predicted octanol–water partition coefficient (Wildman–Crippen LogP) is -2.36. The lowest BCUT2D eigenvalue weighted by molar-refractivity contribution is 0.0557. The van der Waals surface area contributed by atoms with E-state index in [1.54, 1.807) is 0 Å². The molecule has 0 bridgehead atoms. The Bertz CT molecular complexity index is 202. The summed E-state index contributed by atoms with van der Waals surface area (Å²) in [5, 5.41) is 17.0. The first kappa shape index (κ1) is 11.8. The summed E-state index contributed by atoms with van der Waals surface area (Å²) < 4.78 is 25.8. The Morgan fingerprint density at radius 2 is 2.08 bits per heavy atom. The molecular weight excluding hydrogens is 186 g/mol. The highest BCUT2D eigenvalue weighted by Gasteiger charge is 2.12. The topological polar surface area (TPSA) is 110 Å². The van der Waals surface area contributed by atoms with Gasteiger partial charge in [-0.15, -0.1) is 0 Å². The average Bonchev–Trinajstić information content (AvgIpc) is 2.00. The predicted molar refractivity (Wildman–Crippen MR) is 41.9 cm³/mol. The van der Waals surface area contributed by atoms with E-state index >= 15 is 0 Å². The normalized spacial score (nSPS) is 14.6. The highest BCUT2D eigenvalue weighted by atomic mass is 32.2. The Balaban J connectivity index is 3.76. The van der Waals surface area contributed by atoms with Gasteiger partial charge in [-0.2, -0.15) is 8.42 Å². The monoisotopic (exact) mass is 199 g/mol. The van der Waals surface area contributed by atoms with Crippen LogP contribution in [0.15, 0.2) is 0 Å². The fraction of sp³-hybridized carbons (Fsp3) is 1.00. The molecule has 0 spiro atoms. The first-order valence-corrected chi connectivity index (χ1v) is 4.95. The summed E-state index contributed by atoms with van der Waals surface area (Å²) >= 11 is 0. The summed E-state index contributed by atoms with van der Waals surface area (Å²) in [6.45, 7) is -0.992. The van der Waals surface area contributed by atoms with Crippen LogP contribution in [0.25, 0.3) is 0 Å². The van der Waals surface area contributed by atoms with Crippen LogP contribution in [0.5, 0.6) is 0 Å². The Kier molecular flexibility index (Phi) is 5.34. The van der Waals surface area contributed by atoms with Crippen LogP contribution in [0.2, 0.25) is 0 Å². The molecule has 0 saturated carbocycles. The lowest BCUT2D eigenvalue weighted by atomic mass is 10.4. The Morgan fingerprint density at radius 1 is 1.50 bits per heavy atom. The van der Waals surface area contributed by atoms with Gasteiger partial charge in [0.05, 0.1) is 19.0 Å². The van der Waals surface area contributed by atoms with E-state index in [4.69, 9.17) is 15.9 Å². The van der Waals surface area contributed by atoms with E-state index in [0.29, 0.717) is 0 Å². The van der Waals surface area contributed by atoms with E-state index in [9.17, 15) is 8.42 Å². The molecule has 1 atom stereocenters. The van der Waals surface area contributed by atoms with Crippen molar-refractivity contribution in [2.45, 2.75) is 6.10 Å². The molecule has 7 heteroatoms. The number of aliphatic hydroxyl groups excluding tert-OH is 2. The first-order chi connectivity index (χ1) is 5.52. The molecule has 1 unspecified atom stereocenters. The zero-order valence-electron chi connectivity index (χ0n) is 6.51. The van der Waals surface area contributed by atoms with E-state index in [1.807, 2.05) is 0 Å². The minimum Gasteiger partial charge on any atom is -0.394 e. The fourth-order valence-corrected chi connectivity index (χ4v) is 1.21. The highest BCUT2D eigenvalue weighted by molar-refractivity contribution is 7.86. The molecule has 4 N–H and O–H groups in total. The summed E-state index contributed by atoms with van der Waals surface area (Å²) in [7, 11) is -3.63. The molecule has 0 rings (SSSR count). The molecule has 0 amide bonds. The molecule has 0 heterocycles. The number of nitrogens with two attached hydrogens (primary N) is 1. The van der Waals surface area contributed by atoms with E-state index in [2.05, 4.69) is 4.18 Å². The summed E-state index contributed by atoms with van der Waals surface area (Å²) in [4.78, 5) is 0. The van der Waals surface area contributed by atoms with Crippen LogP contribution in [0, 0.1) is 0 Å². The van der Waals surface area contributed by atoms with Crippen LogP contribution in [-0.4, -0.2) is 50.2 Å². The Morgan fingerprint density at radius 3 is 2.50 bits per heavy atom. The van der Waals surface area contributed by atoms with Crippen molar-refractivity contribution < 1.29 is 22.8 Å². The van der Waals surface area contributed by atoms with Gasteiger partial charge in [0.1, 0.15) is 6.10 Å². The van der Waals surface area contributed by atoms with Gasteiger partial charge in [0.25, 0.3) is 10.1 Å². The second kappa shape index (κ2) is 5.44. The number of hydrogen-bond donors (Lipinski definition) is 3. The summed E-state index contributed by atoms with van der Waals surface area (Å²) in [6.07, 6.45) is -1.17. The summed E-state index contributed by atoms with van der Waals surface area (Å²) in [6, 6.07) is 0. The van der Waals surface area contributed by atoms with Crippen molar-refractivity contribution >= 4 is 10.1 Å². The second-order valence-electron chi connectivity index (χ2n) is 2.17. The van der Waals surface area contributed by atoms with Crippen LogP contribution in [0.3, 0.4) is 0 Å². The summed E-state index contributed by atoms with van der Waals surface area (Å²) in [5.41, 5.74) is 4.98. The third-order valence-corrected chi connectivity index (χ3v) is 2.25. The van der Waals surface area contributed by atoms with Crippen molar-refractivity contribution in [2.24, 2.45) is 5.73 Å². The van der Waals surface area contributed by atoms with Crippen molar-refractivity contribution in [1.82, 2.24) is 0 Å². The van der Waals surface area contributed by atoms with Crippen LogP contribution in [-0.2, 0) is 14.3 Å². The molecule has 0 radical (unpaired) electrons. The minimum atomic E-state index is -3.63. The van der Waals surface area contributed by atoms with Crippen molar-refractivity contribution in [3.63, 3.8) is 0 Å². The van der Waals surface area contributed by atoms with Gasteiger partial charge in [-0.1, -0.05) is 0 Å². The molecule has 12 heavy (non-hydrogen) atoms. The number of aliphatic hydroxyl groups is 2. The zero-order valence-corrected chi connectivity index (χ0v) is 7.33. The molecule has 0 aliphatic heterocycles. The van der Waals surface area contributed by atoms with Crippen molar-refractivity contribution in [1.29, 1.82) is 0 Å². The molecular formula is C5H13NO5S. The van der Waals surface area contributed by atoms with Gasteiger partial charge < -0.3 is 15.9 Å². The smallest absolute Gasteiger partial charge is 0.268 e. The van der Waals surface area contributed by atoms with Crippen LogP contribution < -0.4 is 5.73 Å². The van der Waals surface area contributed by atoms with Crippen molar-refractivity contribution in [2.75, 3.05) is 25.5 Å². The van der Waals surface area contributed by atoms with Gasteiger partial charge in [0, 0.05) is 6.54 Å². The maximum Gasteiger partial charge on any atom is 0.268 e. The molecule has 6 nitrogen and oxygen atoms in total. The molecule has 0 aromatic carbocycles. The van der Waals surface area contributed by atoms with E-state index in [1.165, 1.54) is 0 Å². The van der Waals surface area contributed by atoms with Gasteiger partial charge >= 0.3 is 0 Å². The van der Waals surface area contributed by atoms with E-state index in [-0.39, 0.29) is 12.3 Å². The lowest BCUT2D eigenvalue weighted by Gasteiger charge is -2.07. The number of hydrogen-bond acceptors (Lipinski definition) is 6. The quantitative estimate of drug-likeness (QED) is 0.413. The third-order valence-electron chi connectivity index (χ3n) is 1.02. The van der Waals surface area contributed by atoms with Crippen molar-refractivity contribution in [3.05, 3.63) is 0 Å². The van der Waals surface area contributed by atoms with Crippen molar-refractivity contribution in [3.8, 4) is 0 Å². The highest BCUT2D eigenvalue weighted by Crippen LogP contribution is 1.93. The van der Waals surface area contributed by atoms with Gasteiger partial charge in [-0.05, 0) is 0 Å². The molecule has 0 saturated heterocycles. The molecule has 0 aromatic heterocycles. The van der Waals surface area contributed by atoms with Gasteiger partial charge in [0.15, 0.2) is 0 Å². The first-order valence-electron chi connectivity index (χ1n) is 3.38. The van der Waals surface area contributed by atoms with Crippen LogP contribution in [0.4, 0.5) is 0 Å². The van der Waals surface area contributed by atoms with Gasteiger partial charge in [-0.3, -0.25) is 4.18 Å². The lowest BCUT2D eigenvalue weighted by Crippen LogP contribution is -2.25. The average molecular weight is 199 g/mol. The Hall–Kier alpha value is -0.210. The maximum absolute atomic E-state index is 10.8. The zero-order chi connectivity index (χ0) is 9.61.